The molecule has 3 aromatic rings. The van der Waals surface area contributed by atoms with Gasteiger partial charge in [0.1, 0.15) is 12.4 Å². The number of nitrogens with zero attached hydrogens (tertiary/aromatic N) is 2. The third-order valence-electron chi connectivity index (χ3n) is 6.60. The standard InChI is InChI=1S/C28H26FN5O5/c1-15-9-20(26(37)30-12-18(35)13-34-24(36)14-33(2)28(34)39)23(31-15)11-21-25-19(16-5-3-6-17(29)10-16)7-4-8-22(25)32-27(21)38/h3-11,18,31,35H,12-14H2,1-2H3,(H,30,37)(H,32,38)/b21-11-/t18-/m1/s1. The first-order valence-corrected chi connectivity index (χ1v) is 12.3. The van der Waals surface area contributed by atoms with Crippen molar-refractivity contribution in [1.29, 1.82) is 0 Å². The van der Waals surface area contributed by atoms with Crippen molar-refractivity contribution < 1.29 is 28.7 Å². The Kier molecular flexibility index (Phi) is 6.75. The molecule has 0 bridgehead atoms. The molecule has 0 radical (unpaired) electrons. The topological polar surface area (TPSA) is 135 Å². The summed E-state index contributed by atoms with van der Waals surface area (Å²) in [5.74, 6) is -1.71. The number of hydrogen-bond acceptors (Lipinski definition) is 5. The molecule has 0 unspecified atom stereocenters. The van der Waals surface area contributed by atoms with E-state index in [0.29, 0.717) is 39.3 Å². The van der Waals surface area contributed by atoms with Crippen LogP contribution in [0.1, 0.15) is 27.3 Å². The first kappa shape index (κ1) is 25.9. The summed E-state index contributed by atoms with van der Waals surface area (Å²) < 4.78 is 14.0. The van der Waals surface area contributed by atoms with E-state index in [0.717, 1.165) is 4.90 Å². The Hall–Kier alpha value is -4.77. The number of rotatable bonds is 7. The summed E-state index contributed by atoms with van der Waals surface area (Å²) in [5.41, 5.74) is 4.00. The van der Waals surface area contributed by atoms with Gasteiger partial charge in [-0.25, -0.2) is 9.18 Å². The SMILES string of the molecule is Cc1cc(C(=O)NC[C@@H](O)CN2C(=O)CN(C)C2=O)c(/C=C2\C(=O)Nc3cccc(-c4cccc(F)c4)c32)[nH]1. The van der Waals surface area contributed by atoms with Crippen LogP contribution in [0, 0.1) is 12.7 Å². The van der Waals surface area contributed by atoms with Gasteiger partial charge in [-0.2, -0.15) is 0 Å². The second-order valence-electron chi connectivity index (χ2n) is 9.54. The molecule has 1 saturated heterocycles. The van der Waals surface area contributed by atoms with E-state index in [1.807, 2.05) is 0 Å². The molecule has 5 rings (SSSR count). The number of aromatic amines is 1. The number of nitrogens with one attached hydrogen (secondary N) is 3. The molecule has 39 heavy (non-hydrogen) atoms. The van der Waals surface area contributed by atoms with Crippen molar-refractivity contribution >= 4 is 41.1 Å². The third kappa shape index (κ3) is 5.04. The lowest BCUT2D eigenvalue weighted by molar-refractivity contribution is -0.126. The predicted octanol–water partition coefficient (Wildman–Crippen LogP) is 2.61. The maximum atomic E-state index is 14.0. The van der Waals surface area contributed by atoms with Crippen molar-refractivity contribution in [1.82, 2.24) is 20.1 Å². The zero-order valence-electron chi connectivity index (χ0n) is 21.2. The molecule has 2 aliphatic heterocycles. The average molecular weight is 532 g/mol. The number of benzene rings is 2. The predicted molar refractivity (Wildman–Crippen MR) is 142 cm³/mol. The minimum Gasteiger partial charge on any atom is -0.389 e. The van der Waals surface area contributed by atoms with E-state index in [1.165, 1.54) is 24.1 Å². The normalized spacial score (nSPS) is 16.6. The van der Waals surface area contributed by atoms with Crippen molar-refractivity contribution in [2.45, 2.75) is 13.0 Å². The Morgan fingerprint density at radius 1 is 1.18 bits per heavy atom. The van der Waals surface area contributed by atoms with Crippen molar-refractivity contribution in [2.24, 2.45) is 0 Å². The zero-order valence-corrected chi connectivity index (χ0v) is 21.2. The van der Waals surface area contributed by atoms with E-state index >= 15 is 0 Å². The molecule has 10 nitrogen and oxygen atoms in total. The highest BCUT2D eigenvalue weighted by Crippen LogP contribution is 2.40. The number of carbonyl (C=O) groups is 4. The molecule has 1 aromatic heterocycles. The molecule has 11 heteroatoms. The van der Waals surface area contributed by atoms with E-state index in [-0.39, 0.29) is 31.1 Å². The number of anilines is 1. The lowest BCUT2D eigenvalue weighted by Gasteiger charge is -2.18. The van der Waals surface area contributed by atoms with Gasteiger partial charge in [-0.05, 0) is 48.4 Å². The maximum Gasteiger partial charge on any atom is 0.327 e. The number of carbonyl (C=O) groups excluding carboxylic acids is 4. The average Bonchev–Trinajstić information content (AvgIpc) is 3.51. The first-order valence-electron chi connectivity index (χ1n) is 12.3. The number of aliphatic hydroxyl groups is 1. The number of fused-ring (bicyclic) bond motifs is 1. The van der Waals surface area contributed by atoms with Gasteiger partial charge in [0.05, 0.1) is 29.5 Å². The number of aryl methyl sites for hydroxylation is 1. The van der Waals surface area contributed by atoms with Gasteiger partial charge in [0.2, 0.25) is 5.91 Å². The van der Waals surface area contributed by atoms with E-state index in [4.69, 9.17) is 0 Å². The summed E-state index contributed by atoms with van der Waals surface area (Å²) in [6.07, 6.45) is 0.399. The molecule has 0 spiro atoms. The Labute approximate surface area is 223 Å². The highest BCUT2D eigenvalue weighted by molar-refractivity contribution is 6.36. The van der Waals surface area contributed by atoms with Gasteiger partial charge in [0.25, 0.3) is 11.8 Å². The minimum absolute atomic E-state index is 0.0593. The quantitative estimate of drug-likeness (QED) is 0.275. The van der Waals surface area contributed by atoms with Crippen LogP contribution >= 0.6 is 0 Å². The summed E-state index contributed by atoms with van der Waals surface area (Å²) in [7, 11) is 1.49. The summed E-state index contributed by atoms with van der Waals surface area (Å²) >= 11 is 0. The maximum absolute atomic E-state index is 14.0. The second kappa shape index (κ2) is 10.2. The largest absolute Gasteiger partial charge is 0.389 e. The van der Waals surface area contributed by atoms with Gasteiger partial charge in [-0.1, -0.05) is 24.3 Å². The van der Waals surface area contributed by atoms with Crippen LogP contribution < -0.4 is 10.6 Å². The number of urea groups is 1. The molecular formula is C28H26FN5O5. The fourth-order valence-electron chi connectivity index (χ4n) is 4.77. The molecule has 0 aliphatic carbocycles. The van der Waals surface area contributed by atoms with Crippen molar-refractivity contribution in [3.05, 3.63) is 76.9 Å². The number of H-pyrrole nitrogens is 1. The number of aromatic nitrogens is 1. The number of likely N-dealkylation sites (N-methyl/N-ethyl adjacent to an activating group) is 1. The minimum atomic E-state index is -1.17. The Bertz CT molecular complexity index is 1540. The molecular weight excluding hydrogens is 505 g/mol. The lowest BCUT2D eigenvalue weighted by Crippen LogP contribution is -2.43. The van der Waals surface area contributed by atoms with Crippen LogP contribution in [0.4, 0.5) is 14.9 Å². The van der Waals surface area contributed by atoms with Crippen LogP contribution in [0.5, 0.6) is 0 Å². The smallest absolute Gasteiger partial charge is 0.327 e. The molecule has 1 fully saturated rings. The first-order chi connectivity index (χ1) is 18.6. The Morgan fingerprint density at radius 3 is 2.67 bits per heavy atom. The van der Waals surface area contributed by atoms with Gasteiger partial charge in [-0.15, -0.1) is 0 Å². The van der Waals surface area contributed by atoms with Crippen LogP contribution in [0.15, 0.2) is 48.5 Å². The molecule has 5 amide bonds. The van der Waals surface area contributed by atoms with Crippen molar-refractivity contribution in [2.75, 3.05) is 32.0 Å². The highest BCUT2D eigenvalue weighted by Gasteiger charge is 2.35. The van der Waals surface area contributed by atoms with E-state index in [1.54, 1.807) is 49.4 Å². The van der Waals surface area contributed by atoms with Gasteiger partial charge in [0.15, 0.2) is 0 Å². The lowest BCUT2D eigenvalue weighted by atomic mass is 9.94. The summed E-state index contributed by atoms with van der Waals surface area (Å²) in [4.78, 5) is 55.3. The van der Waals surface area contributed by atoms with Crippen molar-refractivity contribution in [3.63, 3.8) is 0 Å². The molecule has 4 N–H and O–H groups in total. The number of hydrogen-bond donors (Lipinski definition) is 4. The molecule has 2 aromatic carbocycles. The molecule has 2 aliphatic rings. The van der Waals surface area contributed by atoms with Gasteiger partial charge in [-0.3, -0.25) is 19.3 Å². The number of imide groups is 1. The Balaban J connectivity index is 1.39. The van der Waals surface area contributed by atoms with Crippen LogP contribution in [0.25, 0.3) is 22.8 Å². The second-order valence-corrected chi connectivity index (χ2v) is 9.54. The van der Waals surface area contributed by atoms with Gasteiger partial charge < -0.3 is 25.6 Å². The van der Waals surface area contributed by atoms with E-state index in [2.05, 4.69) is 15.6 Å². The number of aliphatic hydroxyl groups excluding tert-OH is 1. The third-order valence-corrected chi connectivity index (χ3v) is 6.60. The number of amides is 5. The molecule has 0 saturated carbocycles. The monoisotopic (exact) mass is 531 g/mol. The summed E-state index contributed by atoms with van der Waals surface area (Å²) in [6, 6.07) is 12.5. The fourth-order valence-corrected chi connectivity index (χ4v) is 4.77. The van der Waals surface area contributed by atoms with Gasteiger partial charge >= 0.3 is 6.03 Å². The van der Waals surface area contributed by atoms with E-state index < -0.39 is 29.8 Å². The summed E-state index contributed by atoms with van der Waals surface area (Å²) in [6.45, 7) is 1.25. The molecule has 200 valence electrons. The van der Waals surface area contributed by atoms with Crippen LogP contribution in [0.3, 0.4) is 0 Å². The van der Waals surface area contributed by atoms with E-state index in [9.17, 15) is 28.7 Å². The van der Waals surface area contributed by atoms with Crippen molar-refractivity contribution in [3.8, 4) is 11.1 Å². The Morgan fingerprint density at radius 2 is 1.95 bits per heavy atom. The number of β-amino-alcohol motifs (C(OH)–C–C–N with tert-alkyl or cyclic N) is 1. The summed E-state index contributed by atoms with van der Waals surface area (Å²) in [5, 5.41) is 15.8. The van der Waals surface area contributed by atoms with Crippen LogP contribution in [-0.2, 0) is 9.59 Å². The van der Waals surface area contributed by atoms with Crippen LogP contribution in [-0.4, -0.2) is 76.4 Å². The highest BCUT2D eigenvalue weighted by atomic mass is 19.1. The van der Waals surface area contributed by atoms with Crippen LogP contribution in [0.2, 0.25) is 0 Å². The fraction of sp³-hybridized carbons (Fsp3) is 0.214. The molecule has 3 heterocycles. The zero-order chi connectivity index (χ0) is 27.8. The van der Waals surface area contributed by atoms with Gasteiger partial charge in [0, 0.05) is 30.5 Å². The molecule has 1 atom stereocenters. The number of halogens is 1.